The van der Waals surface area contributed by atoms with E-state index in [0.29, 0.717) is 5.04 Å². The van der Waals surface area contributed by atoms with Crippen LogP contribution in [-0.2, 0) is 5.75 Å². The number of hydrogen-bond acceptors (Lipinski definition) is 2. The average molecular weight is 288 g/mol. The van der Waals surface area contributed by atoms with Gasteiger partial charge in [-0.2, -0.15) is 0 Å². The molecule has 0 fully saturated rings. The Morgan fingerprint density at radius 3 is 2.41 bits per heavy atom. The smallest absolute Gasteiger partial charge is 0.0613 e. The summed E-state index contributed by atoms with van der Waals surface area (Å²) in [5, 5.41) is 10.7. The van der Waals surface area contributed by atoms with Crippen LogP contribution in [0, 0.1) is 5.41 Å². The number of nitrogens with one attached hydrogen (secondary N) is 1. The van der Waals surface area contributed by atoms with E-state index in [1.54, 1.807) is 11.8 Å². The van der Waals surface area contributed by atoms with Crippen molar-refractivity contribution >= 4 is 52.4 Å². The Hall–Kier alpha value is -0.700. The van der Waals surface area contributed by atoms with Gasteiger partial charge in [0.25, 0.3) is 0 Å². The standard InChI is InChI=1S/C13H13NS.2ClH/c1-10(14)15-9-12-7-4-6-11-5-2-3-8-13(11)12;;/h2-8,14H,9H2,1H3;2*1H. The molecule has 1 N–H and O–H groups in total. The molecular weight excluding hydrogens is 273 g/mol. The molecule has 0 aliphatic heterocycles. The van der Waals surface area contributed by atoms with Gasteiger partial charge in [-0.1, -0.05) is 42.5 Å². The Bertz CT molecular complexity index is 494. The van der Waals surface area contributed by atoms with Crippen LogP contribution in [0.2, 0.25) is 0 Å². The highest BCUT2D eigenvalue weighted by Gasteiger charge is 2.00. The third kappa shape index (κ3) is 4.23. The van der Waals surface area contributed by atoms with Gasteiger partial charge in [-0.3, -0.25) is 5.41 Å². The molecule has 0 atom stereocenters. The summed E-state index contributed by atoms with van der Waals surface area (Å²) in [4.78, 5) is 0. The second kappa shape index (κ2) is 7.59. The molecule has 0 heterocycles. The quantitative estimate of drug-likeness (QED) is 0.616. The van der Waals surface area contributed by atoms with Crippen molar-refractivity contribution in [1.82, 2.24) is 0 Å². The predicted molar refractivity (Wildman–Crippen MR) is 83.1 cm³/mol. The van der Waals surface area contributed by atoms with E-state index in [1.807, 2.05) is 6.92 Å². The van der Waals surface area contributed by atoms with Crippen LogP contribution >= 0.6 is 36.6 Å². The number of thioether (sulfide) groups is 1. The topological polar surface area (TPSA) is 23.9 Å². The summed E-state index contributed by atoms with van der Waals surface area (Å²) in [6.07, 6.45) is 0. The zero-order valence-corrected chi connectivity index (χ0v) is 11.9. The summed E-state index contributed by atoms with van der Waals surface area (Å²) >= 11 is 1.58. The Morgan fingerprint density at radius 1 is 1.06 bits per heavy atom. The predicted octanol–water partition coefficient (Wildman–Crippen LogP) is 4.91. The number of rotatable bonds is 2. The van der Waals surface area contributed by atoms with E-state index in [-0.39, 0.29) is 24.8 Å². The van der Waals surface area contributed by atoms with Crippen LogP contribution < -0.4 is 0 Å². The Balaban J connectivity index is 0.00000128. The zero-order chi connectivity index (χ0) is 10.7. The molecule has 0 saturated carbocycles. The van der Waals surface area contributed by atoms with Crippen LogP contribution in [-0.4, -0.2) is 5.04 Å². The van der Waals surface area contributed by atoms with Gasteiger partial charge in [0.15, 0.2) is 0 Å². The van der Waals surface area contributed by atoms with Gasteiger partial charge in [0.1, 0.15) is 0 Å². The van der Waals surface area contributed by atoms with Crippen molar-refractivity contribution in [2.75, 3.05) is 0 Å². The lowest BCUT2D eigenvalue weighted by Crippen LogP contribution is -1.86. The Morgan fingerprint density at radius 2 is 1.71 bits per heavy atom. The summed E-state index contributed by atoms with van der Waals surface area (Å²) in [5.74, 6) is 0.886. The van der Waals surface area contributed by atoms with Crippen LogP contribution in [0.15, 0.2) is 42.5 Å². The second-order valence-electron chi connectivity index (χ2n) is 3.48. The van der Waals surface area contributed by atoms with Crippen molar-refractivity contribution in [3.8, 4) is 0 Å². The molecule has 4 heteroatoms. The van der Waals surface area contributed by atoms with Gasteiger partial charge in [-0.05, 0) is 23.3 Å². The van der Waals surface area contributed by atoms with Gasteiger partial charge in [-0.15, -0.1) is 36.6 Å². The molecule has 2 rings (SSSR count). The van der Waals surface area contributed by atoms with Crippen molar-refractivity contribution in [3.63, 3.8) is 0 Å². The molecule has 0 spiro atoms. The molecule has 0 amide bonds. The lowest BCUT2D eigenvalue weighted by Gasteiger charge is -2.05. The van der Waals surface area contributed by atoms with Gasteiger partial charge < -0.3 is 0 Å². The number of fused-ring (bicyclic) bond motifs is 1. The summed E-state index contributed by atoms with van der Waals surface area (Å²) < 4.78 is 0. The molecule has 0 aromatic heterocycles. The molecule has 1 nitrogen and oxygen atoms in total. The number of hydrogen-bond donors (Lipinski definition) is 1. The first-order valence-corrected chi connectivity index (χ1v) is 5.90. The molecule has 0 bridgehead atoms. The van der Waals surface area contributed by atoms with Crippen molar-refractivity contribution in [3.05, 3.63) is 48.0 Å². The van der Waals surface area contributed by atoms with Crippen molar-refractivity contribution in [2.45, 2.75) is 12.7 Å². The SMILES string of the molecule is CC(=N)SCc1cccc2ccccc12.Cl.Cl. The van der Waals surface area contributed by atoms with E-state index < -0.39 is 0 Å². The van der Waals surface area contributed by atoms with Crippen LogP contribution in [0.3, 0.4) is 0 Å². The molecule has 0 aliphatic carbocycles. The fourth-order valence-corrected chi connectivity index (χ4v) is 2.23. The van der Waals surface area contributed by atoms with Crippen molar-refractivity contribution in [2.24, 2.45) is 0 Å². The van der Waals surface area contributed by atoms with E-state index in [2.05, 4.69) is 42.5 Å². The fourth-order valence-electron chi connectivity index (χ4n) is 1.60. The summed E-state index contributed by atoms with van der Waals surface area (Å²) in [6.45, 7) is 1.83. The van der Waals surface area contributed by atoms with E-state index in [0.717, 1.165) is 5.75 Å². The minimum Gasteiger partial charge on any atom is -0.299 e. The molecular formula is C13H15Cl2NS. The monoisotopic (exact) mass is 287 g/mol. The minimum absolute atomic E-state index is 0. The fraction of sp³-hybridized carbons (Fsp3) is 0.154. The van der Waals surface area contributed by atoms with Gasteiger partial charge in [0, 0.05) is 5.75 Å². The second-order valence-corrected chi connectivity index (χ2v) is 4.67. The van der Waals surface area contributed by atoms with Gasteiger partial charge in [0.2, 0.25) is 0 Å². The maximum Gasteiger partial charge on any atom is 0.0613 e. The number of halogens is 2. The third-order valence-electron chi connectivity index (χ3n) is 2.32. The lowest BCUT2D eigenvalue weighted by molar-refractivity contribution is 1.46. The first-order valence-electron chi connectivity index (χ1n) is 4.92. The molecule has 17 heavy (non-hydrogen) atoms. The highest BCUT2D eigenvalue weighted by Crippen LogP contribution is 2.22. The molecule has 2 aromatic rings. The van der Waals surface area contributed by atoms with E-state index in [4.69, 9.17) is 5.41 Å². The number of benzene rings is 2. The van der Waals surface area contributed by atoms with Gasteiger partial charge >= 0.3 is 0 Å². The largest absolute Gasteiger partial charge is 0.299 e. The Labute approximate surface area is 118 Å². The first-order chi connectivity index (χ1) is 7.27. The normalized spacial score (nSPS) is 9.24. The molecule has 0 radical (unpaired) electrons. The summed E-state index contributed by atoms with van der Waals surface area (Å²) in [6, 6.07) is 14.7. The summed E-state index contributed by atoms with van der Waals surface area (Å²) in [5.41, 5.74) is 1.31. The minimum atomic E-state index is 0. The van der Waals surface area contributed by atoms with Gasteiger partial charge in [-0.25, -0.2) is 0 Å². The van der Waals surface area contributed by atoms with E-state index >= 15 is 0 Å². The zero-order valence-electron chi connectivity index (χ0n) is 9.47. The third-order valence-corrected chi connectivity index (χ3v) is 3.21. The van der Waals surface area contributed by atoms with E-state index in [9.17, 15) is 0 Å². The van der Waals surface area contributed by atoms with Crippen LogP contribution in [0.25, 0.3) is 10.8 Å². The first kappa shape index (κ1) is 16.3. The van der Waals surface area contributed by atoms with Gasteiger partial charge in [0.05, 0.1) is 5.04 Å². The maximum absolute atomic E-state index is 7.41. The lowest BCUT2D eigenvalue weighted by atomic mass is 10.1. The van der Waals surface area contributed by atoms with Crippen molar-refractivity contribution < 1.29 is 0 Å². The van der Waals surface area contributed by atoms with E-state index in [1.165, 1.54) is 16.3 Å². The Kier molecular flexibility index (Phi) is 7.28. The molecule has 2 aromatic carbocycles. The highest BCUT2D eigenvalue weighted by atomic mass is 35.5. The molecule has 0 saturated heterocycles. The van der Waals surface area contributed by atoms with Crippen LogP contribution in [0.5, 0.6) is 0 Å². The van der Waals surface area contributed by atoms with Crippen LogP contribution in [0.4, 0.5) is 0 Å². The highest BCUT2D eigenvalue weighted by molar-refractivity contribution is 8.13. The molecule has 0 aliphatic rings. The maximum atomic E-state index is 7.41. The molecule has 0 unspecified atom stereocenters. The summed E-state index contributed by atoms with van der Waals surface area (Å²) in [7, 11) is 0. The van der Waals surface area contributed by atoms with Crippen LogP contribution in [0.1, 0.15) is 12.5 Å². The van der Waals surface area contributed by atoms with Crippen molar-refractivity contribution in [1.29, 1.82) is 5.41 Å². The molecule has 92 valence electrons. The average Bonchev–Trinajstić information content (AvgIpc) is 2.26.